The van der Waals surface area contributed by atoms with E-state index in [0.29, 0.717) is 24.2 Å². The van der Waals surface area contributed by atoms with E-state index in [0.717, 1.165) is 0 Å². The van der Waals surface area contributed by atoms with Gasteiger partial charge < -0.3 is 15.5 Å². The molecule has 1 aliphatic rings. The predicted molar refractivity (Wildman–Crippen MR) is 75.3 cm³/mol. The van der Waals surface area contributed by atoms with E-state index in [4.69, 9.17) is 18.0 Å². The number of amides is 2. The fraction of sp³-hybridized carbons (Fsp3) is 0.308. The van der Waals surface area contributed by atoms with Gasteiger partial charge in [0.15, 0.2) is 0 Å². The number of thiocarbonyl (C=S) groups is 1. The van der Waals surface area contributed by atoms with Crippen molar-refractivity contribution >= 4 is 29.0 Å². The number of likely N-dealkylation sites (N-methyl/N-ethyl adjacent to an activating group) is 1. The summed E-state index contributed by atoms with van der Waals surface area (Å²) in [4.78, 5) is 26.4. The third kappa shape index (κ3) is 2.77. The molecule has 0 radical (unpaired) electrons. The molecule has 1 saturated heterocycles. The first-order valence-electron chi connectivity index (χ1n) is 6.02. The molecule has 106 valence electrons. The average molecular weight is 295 g/mol. The van der Waals surface area contributed by atoms with Gasteiger partial charge in [0, 0.05) is 32.2 Å². The molecule has 2 rings (SSSR count). The van der Waals surface area contributed by atoms with E-state index in [2.05, 4.69) is 0 Å². The predicted octanol–water partition coefficient (Wildman–Crippen LogP) is 0.260. The first-order valence-corrected chi connectivity index (χ1v) is 6.43. The van der Waals surface area contributed by atoms with Crippen LogP contribution in [0.25, 0.3) is 0 Å². The normalized spacial score (nSPS) is 15.7. The fourth-order valence-electron chi connectivity index (χ4n) is 2.04. The maximum atomic E-state index is 13.2. The molecular weight excluding hydrogens is 281 g/mol. The maximum Gasteiger partial charge on any atom is 0.312 e. The molecule has 1 heterocycles. The molecule has 5 nitrogen and oxygen atoms in total. The van der Waals surface area contributed by atoms with Crippen LogP contribution in [0.2, 0.25) is 0 Å². The highest BCUT2D eigenvalue weighted by Crippen LogP contribution is 2.16. The number of halogens is 1. The molecule has 1 fully saturated rings. The zero-order valence-electron chi connectivity index (χ0n) is 10.9. The Morgan fingerprint density at radius 1 is 1.35 bits per heavy atom. The van der Waals surface area contributed by atoms with Crippen molar-refractivity contribution in [3.63, 3.8) is 0 Å². The summed E-state index contributed by atoms with van der Waals surface area (Å²) in [6.07, 6.45) is 0. The Labute approximate surface area is 121 Å². The van der Waals surface area contributed by atoms with Crippen LogP contribution in [0.1, 0.15) is 11.1 Å². The molecule has 1 aliphatic heterocycles. The Bertz CT molecular complexity index is 591. The number of benzene rings is 1. The van der Waals surface area contributed by atoms with Crippen LogP contribution in [-0.2, 0) is 16.1 Å². The summed E-state index contributed by atoms with van der Waals surface area (Å²) in [5, 5.41) is 0. The Morgan fingerprint density at radius 3 is 2.70 bits per heavy atom. The van der Waals surface area contributed by atoms with Crippen LogP contribution in [-0.4, -0.2) is 46.7 Å². The van der Waals surface area contributed by atoms with Gasteiger partial charge >= 0.3 is 11.8 Å². The molecule has 0 atom stereocenters. The molecule has 1 aromatic rings. The number of nitrogens with two attached hydrogens (primary N) is 1. The van der Waals surface area contributed by atoms with Gasteiger partial charge in [0.2, 0.25) is 0 Å². The standard InChI is InChI=1S/C13H14FN3O2S/c1-16-4-5-17(13(19)12(16)18)7-8-2-3-9(14)6-10(8)11(15)20/h2-3,6H,4-5,7H2,1H3,(H2,15,20). The van der Waals surface area contributed by atoms with Crippen molar-refractivity contribution in [3.05, 3.63) is 35.1 Å². The molecule has 0 bridgehead atoms. The molecule has 2 amide bonds. The summed E-state index contributed by atoms with van der Waals surface area (Å²) in [6, 6.07) is 4.04. The van der Waals surface area contributed by atoms with Crippen LogP contribution in [0.4, 0.5) is 4.39 Å². The highest BCUT2D eigenvalue weighted by molar-refractivity contribution is 7.80. The van der Waals surface area contributed by atoms with Crippen LogP contribution in [0.15, 0.2) is 18.2 Å². The van der Waals surface area contributed by atoms with Gasteiger partial charge in [-0.25, -0.2) is 4.39 Å². The van der Waals surface area contributed by atoms with E-state index in [1.54, 1.807) is 7.05 Å². The first-order chi connectivity index (χ1) is 9.40. The third-order valence-corrected chi connectivity index (χ3v) is 3.44. The second-order valence-corrected chi connectivity index (χ2v) is 5.06. The molecule has 0 aromatic heterocycles. The second-order valence-electron chi connectivity index (χ2n) is 4.62. The monoisotopic (exact) mass is 295 g/mol. The molecule has 7 heteroatoms. The van der Waals surface area contributed by atoms with Crippen molar-refractivity contribution in [3.8, 4) is 0 Å². The van der Waals surface area contributed by atoms with Crippen LogP contribution < -0.4 is 5.73 Å². The van der Waals surface area contributed by atoms with Gasteiger partial charge in [-0.3, -0.25) is 9.59 Å². The summed E-state index contributed by atoms with van der Waals surface area (Å²) in [5.41, 5.74) is 6.58. The van der Waals surface area contributed by atoms with Crippen molar-refractivity contribution < 1.29 is 14.0 Å². The lowest BCUT2D eigenvalue weighted by atomic mass is 10.1. The Balaban J connectivity index is 2.24. The molecule has 1 aromatic carbocycles. The average Bonchev–Trinajstić information content (AvgIpc) is 2.41. The van der Waals surface area contributed by atoms with Gasteiger partial charge in [-0.1, -0.05) is 18.3 Å². The molecule has 0 saturated carbocycles. The SMILES string of the molecule is CN1CCN(Cc2ccc(F)cc2C(N)=S)C(=O)C1=O. The number of piperazine rings is 1. The molecule has 20 heavy (non-hydrogen) atoms. The Kier molecular flexibility index (Phi) is 3.99. The van der Waals surface area contributed by atoms with Gasteiger partial charge in [-0.15, -0.1) is 0 Å². The van der Waals surface area contributed by atoms with E-state index in [1.165, 1.54) is 28.0 Å². The second kappa shape index (κ2) is 5.54. The van der Waals surface area contributed by atoms with E-state index >= 15 is 0 Å². The Morgan fingerprint density at radius 2 is 2.05 bits per heavy atom. The van der Waals surface area contributed by atoms with Crippen molar-refractivity contribution in [1.29, 1.82) is 0 Å². The van der Waals surface area contributed by atoms with E-state index < -0.39 is 17.6 Å². The fourth-order valence-corrected chi connectivity index (χ4v) is 2.23. The topological polar surface area (TPSA) is 66.6 Å². The lowest BCUT2D eigenvalue weighted by Crippen LogP contribution is -2.52. The van der Waals surface area contributed by atoms with Gasteiger partial charge in [0.1, 0.15) is 10.8 Å². The summed E-state index contributed by atoms with van der Waals surface area (Å²) in [6.45, 7) is 1.08. The maximum absolute atomic E-state index is 13.2. The molecule has 2 N–H and O–H groups in total. The minimum atomic E-state index is -0.572. The molecule has 0 unspecified atom stereocenters. The largest absolute Gasteiger partial charge is 0.389 e. The van der Waals surface area contributed by atoms with Gasteiger partial charge in [0.25, 0.3) is 0 Å². The number of hydrogen-bond acceptors (Lipinski definition) is 3. The van der Waals surface area contributed by atoms with Gasteiger partial charge in [-0.05, 0) is 17.7 Å². The number of carbonyl (C=O) groups is 2. The first kappa shape index (κ1) is 14.4. The highest BCUT2D eigenvalue weighted by Gasteiger charge is 2.30. The lowest BCUT2D eigenvalue weighted by molar-refractivity contribution is -0.155. The minimum absolute atomic E-state index is 0.0624. The number of carbonyl (C=O) groups excluding carboxylic acids is 2. The van der Waals surface area contributed by atoms with Crippen LogP contribution in [0.5, 0.6) is 0 Å². The highest BCUT2D eigenvalue weighted by atomic mass is 32.1. The van der Waals surface area contributed by atoms with Crippen LogP contribution in [0.3, 0.4) is 0 Å². The summed E-state index contributed by atoms with van der Waals surface area (Å²) < 4.78 is 13.2. The number of rotatable bonds is 3. The molecule has 0 spiro atoms. The summed E-state index contributed by atoms with van der Waals surface area (Å²) in [5.74, 6) is -1.57. The van der Waals surface area contributed by atoms with E-state index in [9.17, 15) is 14.0 Å². The van der Waals surface area contributed by atoms with Crippen molar-refractivity contribution in [2.24, 2.45) is 5.73 Å². The summed E-state index contributed by atoms with van der Waals surface area (Å²) in [7, 11) is 1.58. The van der Waals surface area contributed by atoms with E-state index in [1.807, 2.05) is 0 Å². The molecular formula is C13H14FN3O2S. The Hall–Kier alpha value is -2.02. The lowest BCUT2D eigenvalue weighted by Gasteiger charge is -2.31. The van der Waals surface area contributed by atoms with Gasteiger partial charge in [-0.2, -0.15) is 0 Å². The molecule has 0 aliphatic carbocycles. The number of nitrogens with zero attached hydrogens (tertiary/aromatic N) is 2. The quantitative estimate of drug-likeness (QED) is 0.642. The summed E-state index contributed by atoms with van der Waals surface area (Å²) >= 11 is 4.88. The van der Waals surface area contributed by atoms with E-state index in [-0.39, 0.29) is 11.5 Å². The van der Waals surface area contributed by atoms with Gasteiger partial charge in [0.05, 0.1) is 0 Å². The third-order valence-electron chi connectivity index (χ3n) is 3.22. The smallest absolute Gasteiger partial charge is 0.312 e. The number of hydrogen-bond donors (Lipinski definition) is 1. The minimum Gasteiger partial charge on any atom is -0.389 e. The van der Waals surface area contributed by atoms with Crippen LogP contribution >= 0.6 is 12.2 Å². The van der Waals surface area contributed by atoms with Crippen molar-refractivity contribution in [2.45, 2.75) is 6.54 Å². The van der Waals surface area contributed by atoms with Crippen molar-refractivity contribution in [2.75, 3.05) is 20.1 Å². The zero-order valence-corrected chi connectivity index (χ0v) is 11.7. The van der Waals surface area contributed by atoms with Crippen LogP contribution in [0, 0.1) is 5.82 Å². The van der Waals surface area contributed by atoms with Crippen molar-refractivity contribution in [1.82, 2.24) is 9.80 Å². The zero-order chi connectivity index (χ0) is 14.9.